The van der Waals surface area contributed by atoms with Gasteiger partial charge >= 0.3 is 0 Å². The highest BCUT2D eigenvalue weighted by Crippen LogP contribution is 2.32. The second kappa shape index (κ2) is 5.33. The number of fused-ring (bicyclic) bond motifs is 2. The van der Waals surface area contributed by atoms with Crippen molar-refractivity contribution in [3.8, 4) is 11.5 Å². The molecule has 0 bridgehead atoms. The van der Waals surface area contributed by atoms with Gasteiger partial charge in [0, 0.05) is 10.8 Å². The Labute approximate surface area is 126 Å². The molecule has 0 amide bonds. The van der Waals surface area contributed by atoms with E-state index in [-0.39, 0.29) is 6.79 Å². The van der Waals surface area contributed by atoms with Crippen LogP contribution in [0.2, 0.25) is 0 Å². The highest BCUT2D eigenvalue weighted by Gasteiger charge is 2.12. The van der Waals surface area contributed by atoms with E-state index in [1.165, 1.54) is 0 Å². The molecule has 0 saturated heterocycles. The van der Waals surface area contributed by atoms with Gasteiger partial charge in [0.15, 0.2) is 17.3 Å². The van der Waals surface area contributed by atoms with Crippen LogP contribution in [-0.2, 0) is 0 Å². The fourth-order valence-electron chi connectivity index (χ4n) is 2.27. The predicted octanol–water partition coefficient (Wildman–Crippen LogP) is 2.80. The molecule has 0 atom stereocenters. The van der Waals surface area contributed by atoms with Gasteiger partial charge in [-0.15, -0.1) is 5.10 Å². The first-order valence-corrected chi connectivity index (χ1v) is 6.79. The maximum Gasteiger partial charge on any atom is 0.231 e. The first kappa shape index (κ1) is 12.6. The molecule has 22 heavy (non-hydrogen) atoms. The molecule has 6 heteroatoms. The second-order valence-corrected chi connectivity index (χ2v) is 4.76. The average Bonchev–Trinajstić information content (AvgIpc) is 3.03. The first-order valence-electron chi connectivity index (χ1n) is 6.79. The largest absolute Gasteiger partial charge is 0.454 e. The van der Waals surface area contributed by atoms with Crippen LogP contribution in [0.3, 0.4) is 0 Å². The molecule has 3 aromatic rings. The summed E-state index contributed by atoms with van der Waals surface area (Å²) in [7, 11) is 0. The third kappa shape index (κ3) is 2.31. The van der Waals surface area contributed by atoms with Gasteiger partial charge in [-0.25, -0.2) is 0 Å². The Morgan fingerprint density at radius 1 is 1.09 bits per heavy atom. The lowest BCUT2D eigenvalue weighted by atomic mass is 10.2. The Balaban J connectivity index is 1.56. The van der Waals surface area contributed by atoms with E-state index in [4.69, 9.17) is 9.47 Å². The maximum atomic E-state index is 5.33. The van der Waals surface area contributed by atoms with Crippen molar-refractivity contribution in [2.45, 2.75) is 0 Å². The zero-order valence-corrected chi connectivity index (χ0v) is 11.6. The maximum absolute atomic E-state index is 5.33. The van der Waals surface area contributed by atoms with E-state index in [1.54, 1.807) is 12.4 Å². The van der Waals surface area contributed by atoms with Crippen LogP contribution in [0.5, 0.6) is 11.5 Å². The minimum Gasteiger partial charge on any atom is -0.454 e. The van der Waals surface area contributed by atoms with Crippen LogP contribution < -0.4 is 14.9 Å². The fourth-order valence-corrected chi connectivity index (χ4v) is 2.27. The van der Waals surface area contributed by atoms with E-state index in [0.29, 0.717) is 5.82 Å². The van der Waals surface area contributed by atoms with Crippen molar-refractivity contribution in [1.82, 2.24) is 10.2 Å². The van der Waals surface area contributed by atoms with E-state index < -0.39 is 0 Å². The number of benzene rings is 2. The molecular weight excluding hydrogens is 280 g/mol. The van der Waals surface area contributed by atoms with Crippen molar-refractivity contribution in [2.24, 2.45) is 5.10 Å². The summed E-state index contributed by atoms with van der Waals surface area (Å²) in [6.45, 7) is 0.264. The van der Waals surface area contributed by atoms with Gasteiger partial charge in [-0.05, 0) is 23.8 Å². The van der Waals surface area contributed by atoms with E-state index in [2.05, 4.69) is 20.7 Å². The molecule has 0 aliphatic carbocycles. The summed E-state index contributed by atoms with van der Waals surface area (Å²) in [6.07, 6.45) is 3.42. The summed E-state index contributed by atoms with van der Waals surface area (Å²) in [5.74, 6) is 2.11. The Bertz CT molecular complexity index is 858. The van der Waals surface area contributed by atoms with Gasteiger partial charge in [0.2, 0.25) is 6.79 Å². The molecule has 2 heterocycles. The SMILES string of the molecule is C(=NNc1nncc2ccccc12)c1ccc2c(c1)OCO2. The predicted molar refractivity (Wildman–Crippen MR) is 83.3 cm³/mol. The standard InChI is InChI=1S/C16H12N4O2/c1-2-4-13-12(3-1)9-18-20-16(13)19-17-8-11-5-6-14-15(7-11)22-10-21-14/h1-9H,10H2,(H,19,20). The summed E-state index contributed by atoms with van der Waals surface area (Å²) in [5, 5.41) is 14.2. The minimum atomic E-state index is 0.264. The topological polar surface area (TPSA) is 68.6 Å². The second-order valence-electron chi connectivity index (χ2n) is 4.76. The van der Waals surface area contributed by atoms with E-state index >= 15 is 0 Å². The van der Waals surface area contributed by atoms with Crippen LogP contribution in [0.1, 0.15) is 5.56 Å². The molecule has 0 saturated carbocycles. The Hall–Kier alpha value is -3.15. The Morgan fingerprint density at radius 3 is 3.00 bits per heavy atom. The molecule has 1 aromatic heterocycles. The lowest BCUT2D eigenvalue weighted by Crippen LogP contribution is -1.96. The van der Waals surface area contributed by atoms with Gasteiger partial charge in [-0.2, -0.15) is 10.2 Å². The molecule has 1 N–H and O–H groups in total. The van der Waals surface area contributed by atoms with E-state index in [1.807, 2.05) is 42.5 Å². The monoisotopic (exact) mass is 292 g/mol. The van der Waals surface area contributed by atoms with Gasteiger partial charge in [0.1, 0.15) is 0 Å². The smallest absolute Gasteiger partial charge is 0.231 e. The van der Waals surface area contributed by atoms with Crippen LogP contribution in [0.4, 0.5) is 5.82 Å². The van der Waals surface area contributed by atoms with Gasteiger partial charge in [-0.1, -0.05) is 24.3 Å². The quantitative estimate of drug-likeness (QED) is 0.594. The van der Waals surface area contributed by atoms with Crippen LogP contribution in [0, 0.1) is 0 Å². The number of rotatable bonds is 3. The first-order chi connectivity index (χ1) is 10.9. The van der Waals surface area contributed by atoms with Crippen molar-refractivity contribution in [3.05, 3.63) is 54.2 Å². The average molecular weight is 292 g/mol. The Kier molecular flexibility index (Phi) is 3.05. The van der Waals surface area contributed by atoms with Crippen LogP contribution in [0.15, 0.2) is 53.8 Å². The molecule has 1 aliphatic heterocycles. The summed E-state index contributed by atoms with van der Waals surface area (Å²) in [5.41, 5.74) is 3.83. The lowest BCUT2D eigenvalue weighted by Gasteiger charge is -2.03. The van der Waals surface area contributed by atoms with Gasteiger partial charge in [0.25, 0.3) is 0 Å². The molecule has 0 unspecified atom stereocenters. The Morgan fingerprint density at radius 2 is 2.00 bits per heavy atom. The number of nitrogens with one attached hydrogen (secondary N) is 1. The van der Waals surface area contributed by atoms with Crippen LogP contribution >= 0.6 is 0 Å². The molecule has 0 fully saturated rings. The lowest BCUT2D eigenvalue weighted by molar-refractivity contribution is 0.174. The van der Waals surface area contributed by atoms with Crippen molar-refractivity contribution < 1.29 is 9.47 Å². The molecule has 108 valence electrons. The summed E-state index contributed by atoms with van der Waals surface area (Å²) >= 11 is 0. The highest BCUT2D eigenvalue weighted by atomic mass is 16.7. The summed E-state index contributed by atoms with van der Waals surface area (Å²) in [6, 6.07) is 13.5. The van der Waals surface area contributed by atoms with Gasteiger partial charge in [0.05, 0.1) is 12.4 Å². The minimum absolute atomic E-state index is 0.264. The summed E-state index contributed by atoms with van der Waals surface area (Å²) in [4.78, 5) is 0. The van der Waals surface area contributed by atoms with Crippen molar-refractivity contribution in [2.75, 3.05) is 12.2 Å². The number of hydrogen-bond donors (Lipinski definition) is 1. The molecule has 0 spiro atoms. The zero-order chi connectivity index (χ0) is 14.8. The van der Waals surface area contributed by atoms with Crippen molar-refractivity contribution in [1.29, 1.82) is 0 Å². The fraction of sp³-hybridized carbons (Fsp3) is 0.0625. The van der Waals surface area contributed by atoms with Crippen molar-refractivity contribution in [3.63, 3.8) is 0 Å². The third-order valence-corrected chi connectivity index (χ3v) is 3.35. The third-order valence-electron chi connectivity index (χ3n) is 3.35. The van der Waals surface area contributed by atoms with Crippen LogP contribution in [-0.4, -0.2) is 23.2 Å². The van der Waals surface area contributed by atoms with Gasteiger partial charge < -0.3 is 9.47 Å². The molecular formula is C16H12N4O2. The number of hydrogen-bond acceptors (Lipinski definition) is 6. The summed E-state index contributed by atoms with van der Waals surface area (Å²) < 4.78 is 10.6. The number of hydrazone groups is 1. The normalized spacial score (nSPS) is 12.9. The molecule has 1 aliphatic rings. The molecule has 6 nitrogen and oxygen atoms in total. The molecule has 0 radical (unpaired) electrons. The molecule has 2 aromatic carbocycles. The van der Waals surface area contributed by atoms with E-state index in [0.717, 1.165) is 27.8 Å². The van der Waals surface area contributed by atoms with Gasteiger partial charge in [-0.3, -0.25) is 5.43 Å². The van der Waals surface area contributed by atoms with Crippen molar-refractivity contribution >= 4 is 22.8 Å². The van der Waals surface area contributed by atoms with Crippen LogP contribution in [0.25, 0.3) is 10.8 Å². The number of ether oxygens (including phenoxy) is 2. The number of nitrogens with zero attached hydrogens (tertiary/aromatic N) is 3. The zero-order valence-electron chi connectivity index (χ0n) is 11.6. The number of aromatic nitrogens is 2. The number of anilines is 1. The molecule has 4 rings (SSSR count). The highest BCUT2D eigenvalue weighted by molar-refractivity contribution is 5.91. The van der Waals surface area contributed by atoms with E-state index in [9.17, 15) is 0 Å².